The van der Waals surface area contributed by atoms with E-state index in [1.54, 1.807) is 0 Å². The van der Waals surface area contributed by atoms with Crippen molar-refractivity contribution in [1.29, 1.82) is 0 Å². The molecule has 2 rings (SSSR count). The first kappa shape index (κ1) is 16.5. The fraction of sp³-hybridized carbons (Fsp3) is 0.733. The van der Waals surface area contributed by atoms with Crippen molar-refractivity contribution in [2.24, 2.45) is 17.1 Å². The van der Waals surface area contributed by atoms with Crippen molar-refractivity contribution < 1.29 is 9.52 Å². The monoisotopic (exact) mass is 407 g/mol. The number of hydrogen-bond acceptors (Lipinski definition) is 3. The van der Waals surface area contributed by atoms with Gasteiger partial charge in [0.15, 0.2) is 4.67 Å². The molecule has 1 fully saturated rings. The summed E-state index contributed by atoms with van der Waals surface area (Å²) in [7, 11) is 0. The Bertz CT molecular complexity index is 420. The predicted molar refractivity (Wildman–Crippen MR) is 87.4 cm³/mol. The molecule has 114 valence electrons. The molecule has 1 aromatic heterocycles. The van der Waals surface area contributed by atoms with Crippen molar-refractivity contribution in [3.8, 4) is 0 Å². The van der Waals surface area contributed by atoms with Crippen molar-refractivity contribution in [3.63, 3.8) is 0 Å². The zero-order valence-corrected chi connectivity index (χ0v) is 15.0. The summed E-state index contributed by atoms with van der Waals surface area (Å²) >= 11 is 6.72. The minimum absolute atomic E-state index is 0.235. The molecule has 0 aliphatic heterocycles. The van der Waals surface area contributed by atoms with Crippen LogP contribution in [0.15, 0.2) is 19.6 Å². The van der Waals surface area contributed by atoms with Crippen molar-refractivity contribution in [2.45, 2.75) is 51.6 Å². The van der Waals surface area contributed by atoms with Crippen molar-refractivity contribution in [3.05, 3.63) is 21.0 Å². The molecule has 1 atom stereocenters. The van der Waals surface area contributed by atoms with Crippen LogP contribution in [0, 0.1) is 11.3 Å². The standard InChI is InChI=1S/C15H23Br2NO2/c1-2-3-10-4-6-15(9-18,7-5-10)13(19)12-8-11(16)14(17)20-12/h8,10,13,19H,2-7,9,18H2,1H3. The Hall–Kier alpha value is 0.160. The highest BCUT2D eigenvalue weighted by Crippen LogP contribution is 2.48. The van der Waals surface area contributed by atoms with Crippen LogP contribution in [0.2, 0.25) is 0 Å². The fourth-order valence-electron chi connectivity index (χ4n) is 3.34. The number of furan rings is 1. The summed E-state index contributed by atoms with van der Waals surface area (Å²) in [6.45, 7) is 2.74. The molecule has 0 saturated heterocycles. The van der Waals surface area contributed by atoms with Gasteiger partial charge in [-0.1, -0.05) is 19.8 Å². The SMILES string of the molecule is CCCC1CCC(CN)(C(O)c2cc(Br)c(Br)o2)CC1. The number of nitrogens with two attached hydrogens (primary N) is 1. The van der Waals surface area contributed by atoms with Crippen LogP contribution < -0.4 is 5.73 Å². The summed E-state index contributed by atoms with van der Waals surface area (Å²) in [4.78, 5) is 0. The van der Waals surface area contributed by atoms with Gasteiger partial charge in [-0.3, -0.25) is 0 Å². The van der Waals surface area contributed by atoms with Crippen LogP contribution in [0.25, 0.3) is 0 Å². The molecule has 20 heavy (non-hydrogen) atoms. The molecule has 5 heteroatoms. The van der Waals surface area contributed by atoms with E-state index in [1.807, 2.05) is 6.07 Å². The predicted octanol–water partition coefficient (Wildman–Crippen LogP) is 4.77. The largest absolute Gasteiger partial charge is 0.450 e. The summed E-state index contributed by atoms with van der Waals surface area (Å²) in [6.07, 6.45) is 6.17. The van der Waals surface area contributed by atoms with E-state index in [9.17, 15) is 5.11 Å². The topological polar surface area (TPSA) is 59.4 Å². The van der Waals surface area contributed by atoms with E-state index in [-0.39, 0.29) is 5.41 Å². The number of halogens is 2. The number of rotatable bonds is 5. The molecule has 1 aromatic rings. The van der Waals surface area contributed by atoms with Gasteiger partial charge in [-0.25, -0.2) is 0 Å². The minimum Gasteiger partial charge on any atom is -0.450 e. The van der Waals surface area contributed by atoms with Crippen molar-refractivity contribution >= 4 is 31.9 Å². The van der Waals surface area contributed by atoms with Gasteiger partial charge in [0.25, 0.3) is 0 Å². The molecule has 1 aliphatic rings. The minimum atomic E-state index is -0.627. The summed E-state index contributed by atoms with van der Waals surface area (Å²) in [5.74, 6) is 1.39. The zero-order chi connectivity index (χ0) is 14.8. The number of aliphatic hydroxyl groups is 1. The van der Waals surface area contributed by atoms with Gasteiger partial charge < -0.3 is 15.3 Å². The molecule has 0 bridgehead atoms. The molecular weight excluding hydrogens is 386 g/mol. The molecule has 0 aromatic carbocycles. The molecular formula is C15H23Br2NO2. The van der Waals surface area contributed by atoms with Gasteiger partial charge in [-0.05, 0) is 69.5 Å². The molecule has 0 amide bonds. The quantitative estimate of drug-likeness (QED) is 0.737. The van der Waals surface area contributed by atoms with Crippen LogP contribution in [0.5, 0.6) is 0 Å². The van der Waals surface area contributed by atoms with Crippen molar-refractivity contribution in [2.75, 3.05) is 6.54 Å². The van der Waals surface area contributed by atoms with Crippen LogP contribution in [0.3, 0.4) is 0 Å². The lowest BCUT2D eigenvalue weighted by Gasteiger charge is -2.42. The van der Waals surface area contributed by atoms with Gasteiger partial charge in [-0.15, -0.1) is 0 Å². The van der Waals surface area contributed by atoms with Gasteiger partial charge in [-0.2, -0.15) is 0 Å². The lowest BCUT2D eigenvalue weighted by Crippen LogP contribution is -2.40. The number of hydrogen-bond donors (Lipinski definition) is 2. The molecule has 0 spiro atoms. The first-order valence-electron chi connectivity index (χ1n) is 7.35. The summed E-state index contributed by atoms with van der Waals surface area (Å²) in [5, 5.41) is 10.7. The van der Waals surface area contributed by atoms with E-state index in [0.29, 0.717) is 17.0 Å². The third-order valence-electron chi connectivity index (χ3n) is 4.72. The molecule has 3 nitrogen and oxygen atoms in total. The van der Waals surface area contributed by atoms with Crippen LogP contribution in [-0.2, 0) is 0 Å². The van der Waals surface area contributed by atoms with Crippen LogP contribution in [-0.4, -0.2) is 11.7 Å². The smallest absolute Gasteiger partial charge is 0.183 e. The lowest BCUT2D eigenvalue weighted by atomic mass is 9.66. The maximum absolute atomic E-state index is 10.7. The summed E-state index contributed by atoms with van der Waals surface area (Å²) < 4.78 is 7.05. The molecule has 1 aliphatic carbocycles. The molecule has 3 N–H and O–H groups in total. The van der Waals surface area contributed by atoms with E-state index < -0.39 is 6.10 Å². The average Bonchev–Trinajstić information content (AvgIpc) is 2.79. The Morgan fingerprint density at radius 2 is 2.10 bits per heavy atom. The first-order chi connectivity index (χ1) is 9.52. The lowest BCUT2D eigenvalue weighted by molar-refractivity contribution is -0.0238. The van der Waals surface area contributed by atoms with Crippen LogP contribution >= 0.6 is 31.9 Å². The second kappa shape index (κ2) is 6.95. The highest BCUT2D eigenvalue weighted by Gasteiger charge is 2.42. The first-order valence-corrected chi connectivity index (χ1v) is 8.94. The van der Waals surface area contributed by atoms with Gasteiger partial charge in [0.05, 0.1) is 4.47 Å². The molecule has 1 heterocycles. The zero-order valence-electron chi connectivity index (χ0n) is 11.9. The van der Waals surface area contributed by atoms with Gasteiger partial charge >= 0.3 is 0 Å². The third kappa shape index (κ3) is 3.32. The van der Waals surface area contributed by atoms with Gasteiger partial charge in [0.1, 0.15) is 11.9 Å². The maximum atomic E-state index is 10.7. The Morgan fingerprint density at radius 1 is 1.45 bits per heavy atom. The number of aliphatic hydroxyl groups excluding tert-OH is 1. The molecule has 1 saturated carbocycles. The van der Waals surface area contributed by atoms with Gasteiger partial charge in [0.2, 0.25) is 0 Å². The molecule has 0 radical (unpaired) electrons. The highest BCUT2D eigenvalue weighted by molar-refractivity contribution is 9.13. The van der Waals surface area contributed by atoms with Crippen LogP contribution in [0.1, 0.15) is 57.3 Å². The van der Waals surface area contributed by atoms with Gasteiger partial charge in [0, 0.05) is 12.0 Å². The summed E-state index contributed by atoms with van der Waals surface area (Å²) in [6, 6.07) is 1.84. The normalized spacial score (nSPS) is 28.6. The maximum Gasteiger partial charge on any atom is 0.183 e. The third-order valence-corrected chi connectivity index (χ3v) is 6.43. The van der Waals surface area contributed by atoms with Crippen molar-refractivity contribution in [1.82, 2.24) is 0 Å². The fourth-order valence-corrected chi connectivity index (χ4v) is 3.95. The Labute approximate surface area is 137 Å². The Balaban J connectivity index is 2.11. The van der Waals surface area contributed by atoms with E-state index in [2.05, 4.69) is 38.8 Å². The Morgan fingerprint density at radius 3 is 2.55 bits per heavy atom. The van der Waals surface area contributed by atoms with Crippen LogP contribution in [0.4, 0.5) is 0 Å². The second-order valence-electron chi connectivity index (χ2n) is 5.97. The van der Waals surface area contributed by atoms with E-state index in [4.69, 9.17) is 10.2 Å². The highest BCUT2D eigenvalue weighted by atomic mass is 79.9. The summed E-state index contributed by atoms with van der Waals surface area (Å²) in [5.41, 5.74) is 5.78. The van der Waals surface area contributed by atoms with E-state index in [1.165, 1.54) is 12.8 Å². The average molecular weight is 409 g/mol. The second-order valence-corrected chi connectivity index (χ2v) is 7.55. The van der Waals surface area contributed by atoms with E-state index in [0.717, 1.165) is 36.1 Å². The Kier molecular flexibility index (Phi) is 5.74. The van der Waals surface area contributed by atoms with E-state index >= 15 is 0 Å². The molecule has 1 unspecified atom stereocenters.